The molecular formula is C12H10F2O3. The SMILES string of the molecule is O=C(O)CC(c1ccc2occc2c1)C(F)F. The minimum absolute atomic E-state index is 0.316. The molecule has 0 fully saturated rings. The number of halogens is 2. The van der Waals surface area contributed by atoms with Crippen LogP contribution in [0.3, 0.4) is 0 Å². The summed E-state index contributed by atoms with van der Waals surface area (Å²) in [7, 11) is 0. The summed E-state index contributed by atoms with van der Waals surface area (Å²) in [6.45, 7) is 0. The molecule has 0 aliphatic heterocycles. The van der Waals surface area contributed by atoms with E-state index in [9.17, 15) is 13.6 Å². The van der Waals surface area contributed by atoms with Gasteiger partial charge in [0.1, 0.15) is 5.58 Å². The molecule has 3 nitrogen and oxygen atoms in total. The van der Waals surface area contributed by atoms with E-state index < -0.39 is 24.7 Å². The lowest BCUT2D eigenvalue weighted by atomic mass is 9.95. The predicted octanol–water partition coefficient (Wildman–Crippen LogP) is 3.26. The number of hydrogen-bond acceptors (Lipinski definition) is 2. The van der Waals surface area contributed by atoms with Gasteiger partial charge in [0.2, 0.25) is 6.43 Å². The zero-order valence-corrected chi connectivity index (χ0v) is 8.77. The largest absolute Gasteiger partial charge is 0.481 e. The van der Waals surface area contributed by atoms with Crippen molar-refractivity contribution >= 4 is 16.9 Å². The standard InChI is InChI=1S/C12H10F2O3/c13-12(14)9(6-11(15)16)7-1-2-10-8(5-7)3-4-17-10/h1-5,9,12H,6H2,(H,15,16). The van der Waals surface area contributed by atoms with Crippen LogP contribution in [0.2, 0.25) is 0 Å². The van der Waals surface area contributed by atoms with E-state index in [-0.39, 0.29) is 0 Å². The molecule has 2 aromatic rings. The highest BCUT2D eigenvalue weighted by Gasteiger charge is 2.25. The zero-order valence-electron chi connectivity index (χ0n) is 8.77. The first kappa shape index (κ1) is 11.6. The van der Waals surface area contributed by atoms with Gasteiger partial charge >= 0.3 is 5.97 Å². The number of alkyl halides is 2. The fraction of sp³-hybridized carbons (Fsp3) is 0.250. The molecule has 1 atom stereocenters. The molecular weight excluding hydrogens is 230 g/mol. The third-order valence-electron chi connectivity index (χ3n) is 2.60. The monoisotopic (exact) mass is 240 g/mol. The van der Waals surface area contributed by atoms with Crippen LogP contribution in [0.15, 0.2) is 34.9 Å². The molecule has 0 saturated heterocycles. The highest BCUT2D eigenvalue weighted by Crippen LogP contribution is 2.29. The predicted molar refractivity (Wildman–Crippen MR) is 57.2 cm³/mol. The van der Waals surface area contributed by atoms with E-state index >= 15 is 0 Å². The molecule has 1 aromatic carbocycles. The highest BCUT2D eigenvalue weighted by atomic mass is 19.3. The Kier molecular flexibility index (Phi) is 3.08. The molecule has 0 aliphatic rings. The second-order valence-electron chi connectivity index (χ2n) is 3.76. The van der Waals surface area contributed by atoms with Crippen molar-refractivity contribution in [2.24, 2.45) is 0 Å². The van der Waals surface area contributed by atoms with Crippen LogP contribution in [-0.2, 0) is 4.79 Å². The smallest absolute Gasteiger partial charge is 0.304 e. The Balaban J connectivity index is 2.37. The lowest BCUT2D eigenvalue weighted by Gasteiger charge is -2.14. The topological polar surface area (TPSA) is 50.4 Å². The van der Waals surface area contributed by atoms with Gasteiger partial charge < -0.3 is 9.52 Å². The van der Waals surface area contributed by atoms with Gasteiger partial charge in [0.25, 0.3) is 0 Å². The van der Waals surface area contributed by atoms with E-state index in [0.717, 1.165) is 0 Å². The van der Waals surface area contributed by atoms with Crippen LogP contribution in [-0.4, -0.2) is 17.5 Å². The summed E-state index contributed by atoms with van der Waals surface area (Å²) in [6.07, 6.45) is -1.82. The number of carbonyl (C=O) groups is 1. The number of benzene rings is 1. The Hall–Kier alpha value is -1.91. The van der Waals surface area contributed by atoms with E-state index in [1.165, 1.54) is 12.3 Å². The van der Waals surface area contributed by atoms with Crippen LogP contribution >= 0.6 is 0 Å². The van der Waals surface area contributed by atoms with Crippen molar-refractivity contribution in [3.63, 3.8) is 0 Å². The normalized spacial score (nSPS) is 13.1. The van der Waals surface area contributed by atoms with Gasteiger partial charge in [0.15, 0.2) is 0 Å². The van der Waals surface area contributed by atoms with Crippen molar-refractivity contribution in [2.75, 3.05) is 0 Å². The molecule has 90 valence electrons. The second-order valence-corrected chi connectivity index (χ2v) is 3.76. The van der Waals surface area contributed by atoms with E-state index in [4.69, 9.17) is 9.52 Å². The minimum atomic E-state index is -2.70. The average molecular weight is 240 g/mol. The summed E-state index contributed by atoms with van der Waals surface area (Å²) in [4.78, 5) is 10.5. The minimum Gasteiger partial charge on any atom is -0.481 e. The van der Waals surface area contributed by atoms with Gasteiger partial charge in [-0.05, 0) is 23.8 Å². The summed E-state index contributed by atoms with van der Waals surface area (Å²) in [5.41, 5.74) is 0.911. The lowest BCUT2D eigenvalue weighted by Crippen LogP contribution is -2.14. The molecule has 1 N–H and O–H groups in total. The summed E-state index contributed by atoms with van der Waals surface area (Å²) in [5.74, 6) is -2.52. The number of carboxylic acids is 1. The summed E-state index contributed by atoms with van der Waals surface area (Å²) in [6, 6.07) is 6.24. The molecule has 1 aromatic heterocycles. The fourth-order valence-corrected chi connectivity index (χ4v) is 1.76. The molecule has 2 rings (SSSR count). The Morgan fingerprint density at radius 1 is 1.35 bits per heavy atom. The molecule has 0 radical (unpaired) electrons. The van der Waals surface area contributed by atoms with Gasteiger partial charge in [-0.15, -0.1) is 0 Å². The summed E-state index contributed by atoms with van der Waals surface area (Å²) < 4.78 is 30.7. The number of furan rings is 1. The van der Waals surface area contributed by atoms with E-state index in [0.29, 0.717) is 16.5 Å². The van der Waals surface area contributed by atoms with E-state index in [1.807, 2.05) is 0 Å². The van der Waals surface area contributed by atoms with Crippen molar-refractivity contribution in [2.45, 2.75) is 18.8 Å². The first-order valence-electron chi connectivity index (χ1n) is 5.05. The number of fused-ring (bicyclic) bond motifs is 1. The van der Waals surface area contributed by atoms with Crippen molar-refractivity contribution in [3.8, 4) is 0 Å². The van der Waals surface area contributed by atoms with Crippen LogP contribution in [0.25, 0.3) is 11.0 Å². The highest BCUT2D eigenvalue weighted by molar-refractivity contribution is 5.78. The van der Waals surface area contributed by atoms with Crippen molar-refractivity contribution in [1.82, 2.24) is 0 Å². The quantitative estimate of drug-likeness (QED) is 0.892. The average Bonchev–Trinajstić information content (AvgIpc) is 2.72. The second kappa shape index (κ2) is 4.53. The molecule has 1 unspecified atom stereocenters. The van der Waals surface area contributed by atoms with Crippen LogP contribution < -0.4 is 0 Å². The van der Waals surface area contributed by atoms with Gasteiger partial charge in [-0.3, -0.25) is 4.79 Å². The number of hydrogen-bond donors (Lipinski definition) is 1. The summed E-state index contributed by atoms with van der Waals surface area (Å²) in [5, 5.41) is 9.31. The Morgan fingerprint density at radius 2 is 2.12 bits per heavy atom. The van der Waals surface area contributed by atoms with E-state index in [1.54, 1.807) is 18.2 Å². The third-order valence-corrected chi connectivity index (χ3v) is 2.60. The van der Waals surface area contributed by atoms with Crippen LogP contribution in [0.4, 0.5) is 8.78 Å². The molecule has 5 heteroatoms. The van der Waals surface area contributed by atoms with Gasteiger partial charge in [0, 0.05) is 5.39 Å². The van der Waals surface area contributed by atoms with Gasteiger partial charge in [-0.2, -0.15) is 0 Å². The maximum absolute atomic E-state index is 12.8. The van der Waals surface area contributed by atoms with Crippen LogP contribution in [0.1, 0.15) is 17.9 Å². The third kappa shape index (κ3) is 2.43. The van der Waals surface area contributed by atoms with Gasteiger partial charge in [0.05, 0.1) is 18.6 Å². The number of rotatable bonds is 4. The van der Waals surface area contributed by atoms with Crippen LogP contribution in [0, 0.1) is 0 Å². The van der Waals surface area contributed by atoms with Crippen molar-refractivity contribution in [3.05, 3.63) is 36.1 Å². The zero-order chi connectivity index (χ0) is 12.4. The first-order chi connectivity index (χ1) is 8.08. The Bertz CT molecular complexity index is 533. The molecule has 17 heavy (non-hydrogen) atoms. The number of carboxylic acid groups (broad SMARTS) is 1. The van der Waals surface area contributed by atoms with Crippen molar-refractivity contribution < 1.29 is 23.1 Å². The molecule has 0 spiro atoms. The first-order valence-corrected chi connectivity index (χ1v) is 5.05. The Morgan fingerprint density at radius 3 is 2.76 bits per heavy atom. The maximum Gasteiger partial charge on any atom is 0.304 e. The Labute approximate surface area is 95.7 Å². The van der Waals surface area contributed by atoms with Gasteiger partial charge in [-0.25, -0.2) is 8.78 Å². The molecule has 0 aliphatic carbocycles. The number of aliphatic carboxylic acids is 1. The van der Waals surface area contributed by atoms with Crippen molar-refractivity contribution in [1.29, 1.82) is 0 Å². The molecule has 0 bridgehead atoms. The van der Waals surface area contributed by atoms with E-state index in [2.05, 4.69) is 0 Å². The maximum atomic E-state index is 12.8. The molecule has 0 amide bonds. The molecule has 0 saturated carbocycles. The van der Waals surface area contributed by atoms with Crippen LogP contribution in [0.5, 0.6) is 0 Å². The lowest BCUT2D eigenvalue weighted by molar-refractivity contribution is -0.138. The summed E-state index contributed by atoms with van der Waals surface area (Å²) >= 11 is 0. The molecule has 1 heterocycles. The fourth-order valence-electron chi connectivity index (χ4n) is 1.76. The van der Waals surface area contributed by atoms with Gasteiger partial charge in [-0.1, -0.05) is 6.07 Å².